The van der Waals surface area contributed by atoms with Crippen molar-refractivity contribution in [3.8, 4) is 0 Å². The molecule has 0 spiro atoms. The molecular formula is C15H16ClFN2O2. The van der Waals surface area contributed by atoms with Crippen LogP contribution in [0.2, 0.25) is 5.02 Å². The Balaban J connectivity index is 1.91. The third-order valence-corrected chi connectivity index (χ3v) is 4.65. The Kier molecular flexibility index (Phi) is 3.61. The zero-order valence-corrected chi connectivity index (χ0v) is 12.4. The fourth-order valence-corrected chi connectivity index (χ4v) is 3.41. The van der Waals surface area contributed by atoms with Crippen LogP contribution in [0.1, 0.15) is 28.8 Å². The van der Waals surface area contributed by atoms with Gasteiger partial charge in [0.25, 0.3) is 5.91 Å². The molecule has 2 atom stereocenters. The highest BCUT2D eigenvalue weighted by Crippen LogP contribution is 2.30. The molecule has 2 fully saturated rings. The number of benzene rings is 1. The van der Waals surface area contributed by atoms with Crippen LogP contribution in [0.4, 0.5) is 4.39 Å². The van der Waals surface area contributed by atoms with E-state index in [0.29, 0.717) is 24.2 Å². The van der Waals surface area contributed by atoms with Crippen LogP contribution in [0, 0.1) is 18.7 Å². The Morgan fingerprint density at radius 1 is 1.48 bits per heavy atom. The first-order valence-electron chi connectivity index (χ1n) is 7.03. The minimum absolute atomic E-state index is 0.0129. The number of hydrogen-bond donors (Lipinski definition) is 1. The van der Waals surface area contributed by atoms with Crippen molar-refractivity contribution >= 4 is 23.4 Å². The Bertz CT molecular complexity index is 620. The van der Waals surface area contributed by atoms with Gasteiger partial charge < -0.3 is 10.2 Å². The lowest BCUT2D eigenvalue weighted by atomic mass is 9.91. The summed E-state index contributed by atoms with van der Waals surface area (Å²) in [6.07, 6.45) is 1.59. The van der Waals surface area contributed by atoms with Crippen molar-refractivity contribution in [2.24, 2.45) is 5.92 Å². The monoisotopic (exact) mass is 310 g/mol. The van der Waals surface area contributed by atoms with Crippen LogP contribution < -0.4 is 5.32 Å². The Morgan fingerprint density at radius 3 is 3.00 bits per heavy atom. The van der Waals surface area contributed by atoms with Crippen molar-refractivity contribution in [3.05, 3.63) is 34.1 Å². The van der Waals surface area contributed by atoms with E-state index in [4.69, 9.17) is 11.6 Å². The molecule has 3 rings (SSSR count). The molecule has 2 saturated heterocycles. The van der Waals surface area contributed by atoms with Gasteiger partial charge in [-0.3, -0.25) is 9.59 Å². The molecule has 1 aromatic carbocycles. The van der Waals surface area contributed by atoms with E-state index < -0.39 is 5.82 Å². The van der Waals surface area contributed by atoms with E-state index in [1.165, 1.54) is 12.1 Å². The topological polar surface area (TPSA) is 49.4 Å². The van der Waals surface area contributed by atoms with Gasteiger partial charge in [-0.15, -0.1) is 0 Å². The van der Waals surface area contributed by atoms with Crippen molar-refractivity contribution in [1.29, 1.82) is 0 Å². The Labute approximate surface area is 127 Å². The number of nitrogens with one attached hydrogen (secondary N) is 1. The van der Waals surface area contributed by atoms with Gasteiger partial charge in [0, 0.05) is 13.1 Å². The van der Waals surface area contributed by atoms with Gasteiger partial charge in [0.1, 0.15) is 5.82 Å². The first-order valence-corrected chi connectivity index (χ1v) is 7.41. The van der Waals surface area contributed by atoms with E-state index in [-0.39, 0.29) is 28.8 Å². The molecule has 0 aromatic heterocycles. The van der Waals surface area contributed by atoms with E-state index in [1.54, 1.807) is 11.8 Å². The van der Waals surface area contributed by atoms with Crippen LogP contribution >= 0.6 is 11.6 Å². The smallest absolute Gasteiger partial charge is 0.255 e. The van der Waals surface area contributed by atoms with E-state index >= 15 is 0 Å². The van der Waals surface area contributed by atoms with E-state index in [1.807, 2.05) is 0 Å². The second kappa shape index (κ2) is 5.30. The molecule has 2 aliphatic heterocycles. The number of fused-ring (bicyclic) bond motifs is 1. The summed E-state index contributed by atoms with van der Waals surface area (Å²) >= 11 is 6.02. The lowest BCUT2D eigenvalue weighted by molar-refractivity contribution is -0.123. The molecule has 1 N–H and O–H groups in total. The molecule has 0 bridgehead atoms. The van der Waals surface area contributed by atoms with Crippen LogP contribution in [-0.4, -0.2) is 35.8 Å². The summed E-state index contributed by atoms with van der Waals surface area (Å²) in [5.41, 5.74) is 0.687. The number of amides is 2. The number of aryl methyl sites for hydroxylation is 1. The molecule has 0 radical (unpaired) electrons. The zero-order valence-electron chi connectivity index (χ0n) is 11.7. The lowest BCUT2D eigenvalue weighted by Crippen LogP contribution is -2.48. The molecule has 0 aliphatic carbocycles. The standard InChI is InChI=1S/C15H16ClFN2O2/c1-8-5-10(11(16)6-12(8)17)15(21)19-4-2-3-9-13(19)7-18-14(9)20/h5-6,9,13H,2-4,7H2,1H3,(H,18,20)/t9-,13-/m1/s1. The minimum Gasteiger partial charge on any atom is -0.354 e. The van der Waals surface area contributed by atoms with E-state index in [9.17, 15) is 14.0 Å². The first-order chi connectivity index (χ1) is 9.99. The average molecular weight is 311 g/mol. The first kappa shape index (κ1) is 14.3. The largest absolute Gasteiger partial charge is 0.354 e. The van der Waals surface area contributed by atoms with Crippen molar-refractivity contribution in [1.82, 2.24) is 10.2 Å². The van der Waals surface area contributed by atoms with Crippen LogP contribution in [0.15, 0.2) is 12.1 Å². The summed E-state index contributed by atoms with van der Waals surface area (Å²) in [6, 6.07) is 2.53. The van der Waals surface area contributed by atoms with Gasteiger partial charge in [-0.05, 0) is 37.5 Å². The van der Waals surface area contributed by atoms with Crippen molar-refractivity contribution in [3.63, 3.8) is 0 Å². The highest BCUT2D eigenvalue weighted by atomic mass is 35.5. The fourth-order valence-electron chi connectivity index (χ4n) is 3.18. The minimum atomic E-state index is -0.425. The lowest BCUT2D eigenvalue weighted by Gasteiger charge is -2.36. The van der Waals surface area contributed by atoms with Crippen molar-refractivity contribution < 1.29 is 14.0 Å². The molecule has 21 heavy (non-hydrogen) atoms. The van der Waals surface area contributed by atoms with Crippen LogP contribution in [0.3, 0.4) is 0 Å². The Morgan fingerprint density at radius 2 is 2.24 bits per heavy atom. The summed E-state index contributed by atoms with van der Waals surface area (Å²) in [4.78, 5) is 26.2. The summed E-state index contributed by atoms with van der Waals surface area (Å²) in [5.74, 6) is -0.776. The molecule has 0 saturated carbocycles. The molecule has 1 aromatic rings. The summed E-state index contributed by atoms with van der Waals surface area (Å²) in [5, 5.41) is 2.92. The SMILES string of the molecule is Cc1cc(C(=O)N2CCC[C@H]3C(=O)NC[C@H]32)c(Cl)cc1F. The summed E-state index contributed by atoms with van der Waals surface area (Å²) in [7, 11) is 0. The highest BCUT2D eigenvalue weighted by Gasteiger charge is 2.43. The number of carbonyl (C=O) groups is 2. The van der Waals surface area contributed by atoms with E-state index in [0.717, 1.165) is 12.8 Å². The predicted molar refractivity (Wildman–Crippen MR) is 76.7 cm³/mol. The quantitative estimate of drug-likeness (QED) is 0.864. The number of halogens is 2. The number of likely N-dealkylation sites (tertiary alicyclic amines) is 1. The van der Waals surface area contributed by atoms with Gasteiger partial charge in [0.2, 0.25) is 5.91 Å². The van der Waals surface area contributed by atoms with Gasteiger partial charge >= 0.3 is 0 Å². The maximum absolute atomic E-state index is 13.5. The van der Waals surface area contributed by atoms with Crippen molar-refractivity contribution in [2.75, 3.05) is 13.1 Å². The van der Waals surface area contributed by atoms with Crippen LogP contribution in [0.5, 0.6) is 0 Å². The fraction of sp³-hybridized carbons (Fsp3) is 0.467. The maximum atomic E-state index is 13.5. The maximum Gasteiger partial charge on any atom is 0.255 e. The molecule has 2 heterocycles. The van der Waals surface area contributed by atoms with Gasteiger partial charge in [0.15, 0.2) is 0 Å². The normalized spacial score (nSPS) is 24.7. The number of piperidine rings is 1. The highest BCUT2D eigenvalue weighted by molar-refractivity contribution is 6.33. The Hall–Kier alpha value is -1.62. The number of nitrogens with zero attached hydrogens (tertiary/aromatic N) is 1. The number of carbonyl (C=O) groups excluding carboxylic acids is 2. The third kappa shape index (κ3) is 2.39. The van der Waals surface area contributed by atoms with Gasteiger partial charge in [-0.25, -0.2) is 4.39 Å². The summed E-state index contributed by atoms with van der Waals surface area (Å²) < 4.78 is 13.5. The van der Waals surface area contributed by atoms with Gasteiger partial charge in [-0.2, -0.15) is 0 Å². The number of rotatable bonds is 1. The molecule has 2 amide bonds. The molecule has 4 nitrogen and oxygen atoms in total. The van der Waals surface area contributed by atoms with Gasteiger partial charge in [-0.1, -0.05) is 11.6 Å². The zero-order chi connectivity index (χ0) is 15.1. The molecular weight excluding hydrogens is 295 g/mol. The average Bonchev–Trinajstić information content (AvgIpc) is 2.84. The molecule has 2 aliphatic rings. The van der Waals surface area contributed by atoms with E-state index in [2.05, 4.69) is 5.32 Å². The summed E-state index contributed by atoms with van der Waals surface area (Å²) in [6.45, 7) is 2.68. The molecule has 0 unspecified atom stereocenters. The van der Waals surface area contributed by atoms with Crippen molar-refractivity contribution in [2.45, 2.75) is 25.8 Å². The number of hydrogen-bond acceptors (Lipinski definition) is 2. The van der Waals surface area contributed by atoms with Crippen LogP contribution in [0.25, 0.3) is 0 Å². The van der Waals surface area contributed by atoms with Gasteiger partial charge in [0.05, 0.1) is 22.5 Å². The molecule has 112 valence electrons. The second-order valence-electron chi connectivity index (χ2n) is 5.64. The second-order valence-corrected chi connectivity index (χ2v) is 6.05. The predicted octanol–water partition coefficient (Wildman–Crippen LogP) is 2.14. The van der Waals surface area contributed by atoms with Crippen LogP contribution in [-0.2, 0) is 4.79 Å². The molecule has 6 heteroatoms. The third-order valence-electron chi connectivity index (χ3n) is 4.34.